The molecule has 1 rings (SSSR count). The number of hydrogen-bond acceptors (Lipinski definition) is 3. The number of aliphatic hydroxyl groups excluding tert-OH is 1. The van der Waals surface area contributed by atoms with Gasteiger partial charge in [-0.25, -0.2) is 0 Å². The molecule has 0 aliphatic heterocycles. The minimum absolute atomic E-state index is 0.216. The summed E-state index contributed by atoms with van der Waals surface area (Å²) >= 11 is 3.25. The Balaban J connectivity index is 3.04. The monoisotopic (exact) mass is 242 g/mol. The van der Waals surface area contributed by atoms with E-state index < -0.39 is 6.04 Å². The molecule has 1 aromatic heterocycles. The molecular weight excluding hydrogens is 236 g/mol. The van der Waals surface area contributed by atoms with Crippen molar-refractivity contribution in [2.24, 2.45) is 5.11 Å². The number of aliphatic hydroxyl groups is 1. The van der Waals surface area contributed by atoms with Crippen molar-refractivity contribution < 1.29 is 5.11 Å². The fourth-order valence-electron chi connectivity index (χ4n) is 0.916. The highest BCUT2D eigenvalue weighted by molar-refractivity contribution is 9.10. The van der Waals surface area contributed by atoms with E-state index in [0.717, 1.165) is 10.0 Å². The van der Waals surface area contributed by atoms with Crippen LogP contribution in [0.1, 0.15) is 11.6 Å². The van der Waals surface area contributed by atoms with Crippen LogP contribution in [-0.4, -0.2) is 16.7 Å². The summed E-state index contributed by atoms with van der Waals surface area (Å²) in [5.41, 5.74) is 8.97. The van der Waals surface area contributed by atoms with E-state index in [4.69, 9.17) is 10.6 Å². The van der Waals surface area contributed by atoms with Crippen molar-refractivity contribution in [2.75, 3.05) is 6.61 Å². The predicted molar refractivity (Wildman–Crippen MR) is 50.9 cm³/mol. The molecule has 0 aliphatic rings. The third-order valence-corrected chi connectivity index (χ3v) is 2.19. The zero-order valence-electron chi connectivity index (χ0n) is 6.63. The lowest BCUT2D eigenvalue weighted by Gasteiger charge is -2.08. The van der Waals surface area contributed by atoms with Crippen molar-refractivity contribution in [1.82, 2.24) is 4.98 Å². The maximum Gasteiger partial charge on any atom is 0.0868 e. The van der Waals surface area contributed by atoms with E-state index in [1.54, 1.807) is 18.5 Å². The molecule has 1 unspecified atom stereocenters. The molecule has 68 valence electrons. The molecule has 0 bridgehead atoms. The predicted octanol–water partition coefficient (Wildman–Crippen LogP) is 2.19. The Bertz CT molecular complexity index is 337. The number of azide groups is 1. The van der Waals surface area contributed by atoms with Gasteiger partial charge in [-0.2, -0.15) is 0 Å². The highest BCUT2D eigenvalue weighted by Gasteiger charge is 2.10. The zero-order chi connectivity index (χ0) is 9.68. The van der Waals surface area contributed by atoms with Crippen LogP contribution in [0.15, 0.2) is 28.0 Å². The molecule has 0 fully saturated rings. The lowest BCUT2D eigenvalue weighted by Crippen LogP contribution is -2.01. The minimum Gasteiger partial charge on any atom is -0.396 e. The van der Waals surface area contributed by atoms with Gasteiger partial charge in [0.2, 0.25) is 0 Å². The molecule has 13 heavy (non-hydrogen) atoms. The summed E-state index contributed by atoms with van der Waals surface area (Å²) in [5, 5.41) is 12.4. The zero-order valence-corrected chi connectivity index (χ0v) is 8.22. The van der Waals surface area contributed by atoms with Gasteiger partial charge in [-0.1, -0.05) is 5.11 Å². The fraction of sp³-hybridized carbons (Fsp3) is 0.286. The van der Waals surface area contributed by atoms with Gasteiger partial charge in [-0.15, -0.1) is 0 Å². The normalized spacial score (nSPS) is 11.8. The Kier molecular flexibility index (Phi) is 3.70. The maximum atomic E-state index is 8.93. The van der Waals surface area contributed by atoms with E-state index >= 15 is 0 Å². The molecule has 0 spiro atoms. The number of hydrogen-bond donors (Lipinski definition) is 1. The van der Waals surface area contributed by atoms with Gasteiger partial charge in [0.15, 0.2) is 0 Å². The van der Waals surface area contributed by atoms with Gasteiger partial charge in [0.1, 0.15) is 0 Å². The van der Waals surface area contributed by atoms with E-state index in [1.807, 2.05) is 0 Å². The molecule has 1 heterocycles. The van der Waals surface area contributed by atoms with Crippen LogP contribution in [0.25, 0.3) is 10.4 Å². The summed E-state index contributed by atoms with van der Waals surface area (Å²) in [7, 11) is 0. The van der Waals surface area contributed by atoms with Crippen molar-refractivity contribution >= 4 is 15.9 Å². The number of aromatic nitrogens is 1. The topological polar surface area (TPSA) is 81.9 Å². The molecule has 5 nitrogen and oxygen atoms in total. The van der Waals surface area contributed by atoms with Gasteiger partial charge in [0, 0.05) is 21.8 Å². The minimum atomic E-state index is -0.553. The van der Waals surface area contributed by atoms with Crippen LogP contribution in [-0.2, 0) is 0 Å². The summed E-state index contributed by atoms with van der Waals surface area (Å²) in [4.78, 5) is 6.51. The summed E-state index contributed by atoms with van der Waals surface area (Å²) in [5.74, 6) is 0. The third kappa shape index (κ3) is 2.42. The third-order valence-electron chi connectivity index (χ3n) is 1.53. The molecule has 1 aromatic rings. The van der Waals surface area contributed by atoms with Crippen LogP contribution >= 0.6 is 15.9 Å². The van der Waals surface area contributed by atoms with Gasteiger partial charge in [0.25, 0.3) is 0 Å². The lowest BCUT2D eigenvalue weighted by atomic mass is 10.1. The molecule has 0 saturated heterocycles. The van der Waals surface area contributed by atoms with Crippen LogP contribution in [0, 0.1) is 0 Å². The first-order valence-electron chi connectivity index (χ1n) is 3.54. The van der Waals surface area contributed by atoms with Crippen LogP contribution in [0.3, 0.4) is 0 Å². The fourth-order valence-corrected chi connectivity index (χ4v) is 1.43. The van der Waals surface area contributed by atoms with Gasteiger partial charge >= 0.3 is 0 Å². The van der Waals surface area contributed by atoms with E-state index in [2.05, 4.69) is 30.9 Å². The standard InChI is InChI=1S/C7H7BrN4O/c8-6-3-10-2-1-5(6)7(4-13)11-12-9/h1-3,7,13H,4H2. The number of rotatable bonds is 3. The Morgan fingerprint density at radius 2 is 2.54 bits per heavy atom. The molecular formula is C7H7BrN4O. The van der Waals surface area contributed by atoms with Crippen LogP contribution in [0.5, 0.6) is 0 Å². The van der Waals surface area contributed by atoms with E-state index in [0.29, 0.717) is 0 Å². The van der Waals surface area contributed by atoms with Gasteiger partial charge in [-0.3, -0.25) is 4.98 Å². The molecule has 6 heteroatoms. The molecule has 0 saturated carbocycles. The second-order valence-electron chi connectivity index (χ2n) is 2.30. The van der Waals surface area contributed by atoms with E-state index in [-0.39, 0.29) is 6.61 Å². The SMILES string of the molecule is [N-]=[N+]=NC(CO)c1ccncc1Br. The Morgan fingerprint density at radius 1 is 1.77 bits per heavy atom. The van der Waals surface area contributed by atoms with Crippen LogP contribution in [0.4, 0.5) is 0 Å². The van der Waals surface area contributed by atoms with Crippen molar-refractivity contribution in [3.63, 3.8) is 0 Å². The van der Waals surface area contributed by atoms with Crippen molar-refractivity contribution in [2.45, 2.75) is 6.04 Å². The summed E-state index contributed by atoms with van der Waals surface area (Å²) in [6.45, 7) is -0.216. The van der Waals surface area contributed by atoms with E-state index in [1.165, 1.54) is 0 Å². The smallest absolute Gasteiger partial charge is 0.0868 e. The van der Waals surface area contributed by atoms with Gasteiger partial charge < -0.3 is 5.11 Å². The van der Waals surface area contributed by atoms with Crippen molar-refractivity contribution in [1.29, 1.82) is 0 Å². The second-order valence-corrected chi connectivity index (χ2v) is 3.15. The Morgan fingerprint density at radius 3 is 3.08 bits per heavy atom. The first-order valence-corrected chi connectivity index (χ1v) is 4.33. The molecule has 1 N–H and O–H groups in total. The number of halogens is 1. The molecule has 0 aromatic carbocycles. The highest BCUT2D eigenvalue weighted by atomic mass is 79.9. The average molecular weight is 243 g/mol. The molecule has 1 atom stereocenters. The van der Waals surface area contributed by atoms with E-state index in [9.17, 15) is 0 Å². The van der Waals surface area contributed by atoms with Crippen molar-refractivity contribution in [3.05, 3.63) is 38.9 Å². The summed E-state index contributed by atoms with van der Waals surface area (Å²) < 4.78 is 0.724. The van der Waals surface area contributed by atoms with Crippen LogP contribution < -0.4 is 0 Å². The Labute approximate surface area is 83.2 Å². The highest BCUT2D eigenvalue weighted by Crippen LogP contribution is 2.24. The molecule has 0 amide bonds. The summed E-state index contributed by atoms with van der Waals surface area (Å²) in [6.07, 6.45) is 3.17. The summed E-state index contributed by atoms with van der Waals surface area (Å²) in [6, 6.07) is 1.14. The molecule has 0 radical (unpaired) electrons. The number of pyridine rings is 1. The van der Waals surface area contributed by atoms with Gasteiger partial charge in [-0.05, 0) is 33.1 Å². The van der Waals surface area contributed by atoms with Crippen LogP contribution in [0.2, 0.25) is 0 Å². The first-order chi connectivity index (χ1) is 6.29. The largest absolute Gasteiger partial charge is 0.396 e. The average Bonchev–Trinajstić information content (AvgIpc) is 2.16. The maximum absolute atomic E-state index is 8.93. The lowest BCUT2D eigenvalue weighted by molar-refractivity contribution is 0.267. The van der Waals surface area contributed by atoms with Gasteiger partial charge in [0.05, 0.1) is 12.6 Å². The van der Waals surface area contributed by atoms with Crippen molar-refractivity contribution in [3.8, 4) is 0 Å². The second kappa shape index (κ2) is 4.81. The molecule has 0 aliphatic carbocycles. The first kappa shape index (κ1) is 9.98. The Hall–Kier alpha value is -1.10. The quantitative estimate of drug-likeness (QED) is 0.501. The number of nitrogens with zero attached hydrogens (tertiary/aromatic N) is 4.